The summed E-state index contributed by atoms with van der Waals surface area (Å²) in [5.41, 5.74) is 3.35. The Morgan fingerprint density at radius 3 is 2.58 bits per heavy atom. The summed E-state index contributed by atoms with van der Waals surface area (Å²) in [4.78, 5) is 0. The zero-order valence-electron chi connectivity index (χ0n) is 10.2. The maximum atomic E-state index is 9.73. The predicted octanol–water partition coefficient (Wildman–Crippen LogP) is 2.94. The summed E-state index contributed by atoms with van der Waals surface area (Å²) >= 11 is 2.32. The van der Waals surface area contributed by atoms with E-state index in [0.29, 0.717) is 0 Å². The van der Waals surface area contributed by atoms with E-state index in [1.807, 2.05) is 12.1 Å². The second-order valence-electron chi connectivity index (χ2n) is 4.70. The fraction of sp³-hybridized carbons (Fsp3) is 0.200. The molecule has 0 amide bonds. The third-order valence-electron chi connectivity index (χ3n) is 3.51. The Morgan fingerprint density at radius 2 is 1.79 bits per heavy atom. The van der Waals surface area contributed by atoms with Crippen LogP contribution in [0.3, 0.4) is 0 Å². The average Bonchev–Trinajstić information content (AvgIpc) is 2.40. The van der Waals surface area contributed by atoms with E-state index < -0.39 is 0 Å². The van der Waals surface area contributed by atoms with Gasteiger partial charge in [-0.2, -0.15) is 0 Å². The van der Waals surface area contributed by atoms with E-state index in [9.17, 15) is 10.2 Å². The van der Waals surface area contributed by atoms with Crippen molar-refractivity contribution in [2.75, 3.05) is 6.54 Å². The maximum absolute atomic E-state index is 9.73. The number of halogens is 1. The molecule has 1 atom stereocenters. The van der Waals surface area contributed by atoms with Gasteiger partial charge in [-0.25, -0.2) is 0 Å². The van der Waals surface area contributed by atoms with Gasteiger partial charge in [-0.15, -0.1) is 0 Å². The summed E-state index contributed by atoms with van der Waals surface area (Å²) in [7, 11) is 0. The largest absolute Gasteiger partial charge is 0.504 e. The lowest BCUT2D eigenvalue weighted by Crippen LogP contribution is -2.31. The van der Waals surface area contributed by atoms with Gasteiger partial charge in [0.15, 0.2) is 11.5 Å². The van der Waals surface area contributed by atoms with Gasteiger partial charge in [0, 0.05) is 10.1 Å². The van der Waals surface area contributed by atoms with E-state index in [2.05, 4.69) is 40.0 Å². The molecule has 0 bridgehead atoms. The smallest absolute Gasteiger partial charge is 0.157 e. The molecule has 3 N–H and O–H groups in total. The Kier molecular flexibility index (Phi) is 3.36. The van der Waals surface area contributed by atoms with Crippen molar-refractivity contribution in [3.8, 4) is 11.5 Å². The molecule has 1 aliphatic heterocycles. The number of nitrogens with one attached hydrogen (secondary N) is 1. The molecule has 0 aliphatic carbocycles. The molecule has 2 aromatic carbocycles. The van der Waals surface area contributed by atoms with E-state index in [0.717, 1.165) is 24.1 Å². The summed E-state index contributed by atoms with van der Waals surface area (Å²) in [6.45, 7) is 0.868. The number of rotatable bonds is 1. The van der Waals surface area contributed by atoms with Crippen LogP contribution in [0.25, 0.3) is 0 Å². The van der Waals surface area contributed by atoms with Gasteiger partial charge in [0.05, 0.1) is 6.04 Å². The van der Waals surface area contributed by atoms with Crippen LogP contribution in [0.1, 0.15) is 22.7 Å². The lowest BCUT2D eigenvalue weighted by Gasteiger charge is -2.28. The molecular formula is C15H14INO2. The first kappa shape index (κ1) is 12.7. The lowest BCUT2D eigenvalue weighted by molar-refractivity contribution is 0.400. The molecule has 4 heteroatoms. The molecule has 3 nitrogen and oxygen atoms in total. The molecule has 2 aromatic rings. The monoisotopic (exact) mass is 367 g/mol. The van der Waals surface area contributed by atoms with Gasteiger partial charge in [0.2, 0.25) is 0 Å². The van der Waals surface area contributed by atoms with Crippen LogP contribution in [0.15, 0.2) is 36.4 Å². The van der Waals surface area contributed by atoms with Crippen molar-refractivity contribution in [2.45, 2.75) is 12.5 Å². The minimum Gasteiger partial charge on any atom is -0.504 e. The number of aromatic hydroxyl groups is 2. The van der Waals surface area contributed by atoms with E-state index >= 15 is 0 Å². The van der Waals surface area contributed by atoms with Gasteiger partial charge < -0.3 is 15.5 Å². The van der Waals surface area contributed by atoms with Crippen molar-refractivity contribution in [1.29, 1.82) is 0 Å². The maximum Gasteiger partial charge on any atom is 0.157 e. The quantitative estimate of drug-likeness (QED) is 0.537. The third-order valence-corrected chi connectivity index (χ3v) is 4.49. The van der Waals surface area contributed by atoms with Crippen LogP contribution >= 0.6 is 22.6 Å². The van der Waals surface area contributed by atoms with Crippen molar-refractivity contribution in [2.24, 2.45) is 0 Å². The minimum atomic E-state index is -0.0570. The highest BCUT2D eigenvalue weighted by Crippen LogP contribution is 2.37. The average molecular weight is 367 g/mol. The molecule has 19 heavy (non-hydrogen) atoms. The van der Waals surface area contributed by atoms with E-state index in [1.54, 1.807) is 12.1 Å². The number of phenolic OH excluding ortho intramolecular Hbond substituents is 2. The molecule has 3 rings (SSSR count). The number of benzene rings is 2. The molecule has 0 spiro atoms. The lowest BCUT2D eigenvalue weighted by atomic mass is 9.89. The number of phenols is 2. The van der Waals surface area contributed by atoms with Crippen molar-refractivity contribution in [3.63, 3.8) is 0 Å². The van der Waals surface area contributed by atoms with Crippen LogP contribution in [0.4, 0.5) is 0 Å². The molecule has 0 radical (unpaired) electrons. The van der Waals surface area contributed by atoms with Crippen LogP contribution in [0.2, 0.25) is 0 Å². The van der Waals surface area contributed by atoms with E-state index in [1.165, 1.54) is 9.13 Å². The first-order valence-corrected chi connectivity index (χ1v) is 7.27. The Hall–Kier alpha value is -1.27. The van der Waals surface area contributed by atoms with Crippen LogP contribution in [-0.4, -0.2) is 16.8 Å². The summed E-state index contributed by atoms with van der Waals surface area (Å²) in [6, 6.07) is 11.6. The standard InChI is InChI=1S/C15H14INO2/c16-12-4-2-1-3-10(12)15-11-8-14(19)13(18)7-9(11)5-6-17-15/h1-4,7-8,15,17-19H,5-6H2. The summed E-state index contributed by atoms with van der Waals surface area (Å²) in [5, 5.41) is 22.8. The SMILES string of the molecule is Oc1cc2c(cc1O)C(c1ccccc1I)NCC2. The zero-order valence-corrected chi connectivity index (χ0v) is 12.4. The fourth-order valence-corrected chi connectivity index (χ4v) is 3.27. The predicted molar refractivity (Wildman–Crippen MR) is 82.5 cm³/mol. The van der Waals surface area contributed by atoms with Gasteiger partial charge >= 0.3 is 0 Å². The van der Waals surface area contributed by atoms with Crippen molar-refractivity contribution in [3.05, 3.63) is 56.7 Å². The van der Waals surface area contributed by atoms with Crippen molar-refractivity contribution in [1.82, 2.24) is 5.32 Å². The van der Waals surface area contributed by atoms with Crippen molar-refractivity contribution < 1.29 is 10.2 Å². The van der Waals surface area contributed by atoms with E-state index in [-0.39, 0.29) is 17.5 Å². The van der Waals surface area contributed by atoms with Crippen LogP contribution in [0.5, 0.6) is 11.5 Å². The second kappa shape index (κ2) is 5.02. The number of hydrogen-bond acceptors (Lipinski definition) is 3. The fourth-order valence-electron chi connectivity index (χ4n) is 2.57. The normalized spacial score (nSPS) is 18.1. The van der Waals surface area contributed by atoms with Gasteiger partial charge in [0.1, 0.15) is 0 Å². The van der Waals surface area contributed by atoms with Gasteiger partial charge in [-0.3, -0.25) is 0 Å². The summed E-state index contributed by atoms with van der Waals surface area (Å²) < 4.78 is 1.19. The zero-order chi connectivity index (χ0) is 13.4. The Labute approximate surface area is 125 Å². The molecule has 0 fully saturated rings. The molecule has 1 heterocycles. The van der Waals surface area contributed by atoms with Crippen LogP contribution in [-0.2, 0) is 6.42 Å². The topological polar surface area (TPSA) is 52.5 Å². The first-order chi connectivity index (χ1) is 9.16. The van der Waals surface area contributed by atoms with Gasteiger partial charge in [-0.1, -0.05) is 18.2 Å². The molecule has 1 unspecified atom stereocenters. The Morgan fingerprint density at radius 1 is 1.05 bits per heavy atom. The number of fused-ring (bicyclic) bond motifs is 1. The summed E-state index contributed by atoms with van der Waals surface area (Å²) in [6.07, 6.45) is 0.864. The van der Waals surface area contributed by atoms with Crippen LogP contribution < -0.4 is 5.32 Å². The van der Waals surface area contributed by atoms with Crippen molar-refractivity contribution >= 4 is 22.6 Å². The molecule has 98 valence electrons. The Balaban J connectivity index is 2.13. The Bertz CT molecular complexity index is 628. The molecule has 0 saturated heterocycles. The highest BCUT2D eigenvalue weighted by molar-refractivity contribution is 14.1. The van der Waals surface area contributed by atoms with E-state index in [4.69, 9.17) is 0 Å². The molecule has 0 saturated carbocycles. The highest BCUT2D eigenvalue weighted by Gasteiger charge is 2.24. The summed E-state index contributed by atoms with van der Waals surface area (Å²) in [5.74, 6) is -0.0967. The molecule has 0 aromatic heterocycles. The molecular weight excluding hydrogens is 353 g/mol. The van der Waals surface area contributed by atoms with Gasteiger partial charge in [0.25, 0.3) is 0 Å². The molecule has 1 aliphatic rings. The highest BCUT2D eigenvalue weighted by atomic mass is 127. The van der Waals surface area contributed by atoms with Crippen LogP contribution in [0, 0.1) is 3.57 Å². The number of hydrogen-bond donors (Lipinski definition) is 3. The second-order valence-corrected chi connectivity index (χ2v) is 5.86. The first-order valence-electron chi connectivity index (χ1n) is 6.19. The third kappa shape index (κ3) is 2.30. The minimum absolute atomic E-state index is 0.0397. The van der Waals surface area contributed by atoms with Gasteiger partial charge in [-0.05, 0) is 63.9 Å².